The lowest BCUT2D eigenvalue weighted by Gasteiger charge is -2.25. The van der Waals surface area contributed by atoms with E-state index in [0.717, 1.165) is 11.1 Å². The molecule has 0 saturated heterocycles. The Morgan fingerprint density at radius 2 is 1.67 bits per heavy atom. The highest BCUT2D eigenvalue weighted by molar-refractivity contribution is 7.07. The first kappa shape index (κ1) is 31.9. The van der Waals surface area contributed by atoms with Crippen LogP contribution in [0.4, 0.5) is 0 Å². The molecule has 5 rings (SSSR count). The van der Waals surface area contributed by atoms with Gasteiger partial charge >= 0.3 is 5.97 Å². The Kier molecular flexibility index (Phi) is 9.95. The van der Waals surface area contributed by atoms with Crippen LogP contribution < -0.4 is 33.8 Å². The topological polar surface area (TPSA) is 97.6 Å². The molecule has 3 aromatic carbocycles. The van der Waals surface area contributed by atoms with Gasteiger partial charge in [0.1, 0.15) is 6.61 Å². The second-order valence-electron chi connectivity index (χ2n) is 9.97. The van der Waals surface area contributed by atoms with Gasteiger partial charge in [-0.25, -0.2) is 9.79 Å². The number of carbonyl (C=O) groups is 1. The first-order valence-electron chi connectivity index (χ1n) is 14.3. The molecule has 1 aliphatic heterocycles. The zero-order chi connectivity index (χ0) is 32.1. The lowest BCUT2D eigenvalue weighted by atomic mass is 9.95. The predicted molar refractivity (Wildman–Crippen MR) is 173 cm³/mol. The lowest BCUT2D eigenvalue weighted by Crippen LogP contribution is -2.39. The Balaban J connectivity index is 1.57. The number of hydrogen-bond acceptors (Lipinski definition) is 9. The Hall–Kier alpha value is -4.54. The first-order valence-corrected chi connectivity index (χ1v) is 15.5. The van der Waals surface area contributed by atoms with Crippen molar-refractivity contribution in [2.75, 3.05) is 27.4 Å². The third-order valence-electron chi connectivity index (χ3n) is 7.11. The predicted octanol–water partition coefficient (Wildman–Crippen LogP) is 5.45. The van der Waals surface area contributed by atoms with E-state index in [9.17, 15) is 9.59 Å². The van der Waals surface area contributed by atoms with Crippen molar-refractivity contribution >= 4 is 35.0 Å². The van der Waals surface area contributed by atoms with Gasteiger partial charge in [0.05, 0.1) is 49.3 Å². The van der Waals surface area contributed by atoms with Crippen LogP contribution in [0, 0.1) is 0 Å². The van der Waals surface area contributed by atoms with E-state index in [1.807, 2.05) is 49.4 Å². The minimum Gasteiger partial charge on any atom is -0.493 e. The molecule has 1 aliphatic rings. The minimum atomic E-state index is -0.787. The molecular formula is C34H33ClN2O7S. The quantitative estimate of drug-likeness (QED) is 0.200. The Morgan fingerprint density at radius 1 is 0.933 bits per heavy atom. The maximum atomic E-state index is 14.1. The monoisotopic (exact) mass is 648 g/mol. The normalized spacial score (nSPS) is 14.4. The van der Waals surface area contributed by atoms with Crippen LogP contribution in [-0.4, -0.2) is 38.0 Å². The highest BCUT2D eigenvalue weighted by Crippen LogP contribution is 2.36. The molecule has 0 saturated carbocycles. The number of thiazole rings is 1. The van der Waals surface area contributed by atoms with Crippen LogP contribution in [0.15, 0.2) is 81.7 Å². The van der Waals surface area contributed by atoms with Gasteiger partial charge in [0.2, 0.25) is 0 Å². The summed E-state index contributed by atoms with van der Waals surface area (Å²) in [6, 6.07) is 17.5. The molecule has 0 amide bonds. The van der Waals surface area contributed by atoms with Gasteiger partial charge in [-0.05, 0) is 79.9 Å². The Bertz CT molecular complexity index is 1930. The van der Waals surface area contributed by atoms with Gasteiger partial charge in [0.25, 0.3) is 5.56 Å². The number of hydrogen-bond donors (Lipinski definition) is 0. The molecule has 1 aromatic heterocycles. The van der Waals surface area contributed by atoms with Crippen molar-refractivity contribution in [2.45, 2.75) is 33.4 Å². The van der Waals surface area contributed by atoms with E-state index >= 15 is 0 Å². The van der Waals surface area contributed by atoms with Crippen LogP contribution in [0.3, 0.4) is 0 Å². The molecule has 2 heterocycles. The lowest BCUT2D eigenvalue weighted by molar-refractivity contribution is -0.139. The average molecular weight is 649 g/mol. The van der Waals surface area contributed by atoms with Gasteiger partial charge in [-0.2, -0.15) is 0 Å². The number of benzene rings is 3. The summed E-state index contributed by atoms with van der Waals surface area (Å²) in [5, 5.41) is 0.658. The molecule has 1 atom stereocenters. The molecule has 1 unspecified atom stereocenters. The Morgan fingerprint density at radius 3 is 2.36 bits per heavy atom. The Labute approximate surface area is 269 Å². The molecule has 0 bridgehead atoms. The number of fused-ring (bicyclic) bond motifs is 1. The SMILES string of the molecule is CCOC(=O)C1=C(C)N=c2s/c(=C\c3ccc(OCc4ccc(Cl)cc4)c(OCC)c3)c(=O)n2C1c1ccc(OC)c(OC)c1. The molecule has 11 heteroatoms. The number of ether oxygens (including phenoxy) is 5. The van der Waals surface area contributed by atoms with E-state index in [4.69, 9.17) is 35.3 Å². The zero-order valence-corrected chi connectivity index (χ0v) is 27.2. The van der Waals surface area contributed by atoms with E-state index in [1.165, 1.54) is 23.0 Å². The van der Waals surface area contributed by atoms with E-state index in [-0.39, 0.29) is 17.7 Å². The van der Waals surface area contributed by atoms with Crippen molar-refractivity contribution < 1.29 is 28.5 Å². The number of nitrogens with zero attached hydrogens (tertiary/aromatic N) is 2. The molecule has 234 valence electrons. The summed E-state index contributed by atoms with van der Waals surface area (Å²) < 4.78 is 30.2. The van der Waals surface area contributed by atoms with Gasteiger partial charge in [0, 0.05) is 5.02 Å². The van der Waals surface area contributed by atoms with E-state index < -0.39 is 12.0 Å². The highest BCUT2D eigenvalue weighted by Gasteiger charge is 2.34. The van der Waals surface area contributed by atoms with Gasteiger partial charge in [-0.3, -0.25) is 9.36 Å². The highest BCUT2D eigenvalue weighted by atomic mass is 35.5. The first-order chi connectivity index (χ1) is 21.8. The van der Waals surface area contributed by atoms with Crippen molar-refractivity contribution in [3.8, 4) is 23.0 Å². The number of methoxy groups -OCH3 is 2. The minimum absolute atomic E-state index is 0.181. The number of esters is 1. The summed E-state index contributed by atoms with van der Waals surface area (Å²) >= 11 is 7.24. The molecule has 0 aliphatic carbocycles. The number of aromatic nitrogens is 1. The molecule has 0 N–H and O–H groups in total. The van der Waals surface area contributed by atoms with Crippen molar-refractivity contribution in [2.24, 2.45) is 4.99 Å². The van der Waals surface area contributed by atoms with Gasteiger partial charge in [-0.1, -0.05) is 47.2 Å². The fourth-order valence-corrected chi connectivity index (χ4v) is 6.20. The van der Waals surface area contributed by atoms with Crippen molar-refractivity contribution in [3.05, 3.63) is 113 Å². The standard InChI is InChI=1S/C34H33ClN2O7S/c1-6-42-28-16-22(10-14-26(28)44-19-21-8-12-24(35)13-9-21)17-29-32(38)37-31(23-11-15-25(40-4)27(18-23)41-5)30(33(39)43-7-2)20(3)36-34(37)45-29/h8-18,31H,6-7,19H2,1-5H3/b29-17-. The third kappa shape index (κ3) is 6.77. The number of carbonyl (C=O) groups excluding carboxylic acids is 1. The van der Waals surface area contributed by atoms with E-state index in [0.29, 0.717) is 61.8 Å². The maximum Gasteiger partial charge on any atom is 0.338 e. The van der Waals surface area contributed by atoms with E-state index in [2.05, 4.69) is 4.99 Å². The molecule has 9 nitrogen and oxygen atoms in total. The van der Waals surface area contributed by atoms with Crippen LogP contribution in [0.2, 0.25) is 5.02 Å². The zero-order valence-electron chi connectivity index (χ0n) is 25.6. The van der Waals surface area contributed by atoms with Crippen molar-refractivity contribution in [3.63, 3.8) is 0 Å². The maximum absolute atomic E-state index is 14.1. The van der Waals surface area contributed by atoms with Crippen molar-refractivity contribution in [1.29, 1.82) is 0 Å². The molecule has 4 aromatic rings. The summed E-state index contributed by atoms with van der Waals surface area (Å²) in [5.41, 5.74) is 2.82. The molecule has 0 fully saturated rings. The van der Waals surface area contributed by atoms with Crippen LogP contribution in [0.5, 0.6) is 23.0 Å². The fourth-order valence-electron chi connectivity index (χ4n) is 5.02. The summed E-state index contributed by atoms with van der Waals surface area (Å²) in [4.78, 5) is 32.4. The number of halogens is 1. The third-order valence-corrected chi connectivity index (χ3v) is 8.35. The molecule has 0 spiro atoms. The molecule has 0 radical (unpaired) electrons. The van der Waals surface area contributed by atoms with Crippen molar-refractivity contribution in [1.82, 2.24) is 4.57 Å². The average Bonchev–Trinajstić information content (AvgIpc) is 3.34. The van der Waals surface area contributed by atoms with Gasteiger partial charge in [-0.15, -0.1) is 0 Å². The second-order valence-corrected chi connectivity index (χ2v) is 11.4. The van der Waals surface area contributed by atoms with E-state index in [1.54, 1.807) is 45.2 Å². The fraction of sp³-hybridized carbons (Fsp3) is 0.265. The summed E-state index contributed by atoms with van der Waals surface area (Å²) in [5.74, 6) is 1.59. The molecular weight excluding hydrogens is 616 g/mol. The summed E-state index contributed by atoms with van der Waals surface area (Å²) in [6.07, 6.45) is 1.78. The largest absolute Gasteiger partial charge is 0.493 e. The van der Waals surface area contributed by atoms with Gasteiger partial charge < -0.3 is 23.7 Å². The van der Waals surface area contributed by atoms with Crippen LogP contribution in [0.1, 0.15) is 43.5 Å². The number of rotatable bonds is 11. The van der Waals surface area contributed by atoms with Crippen LogP contribution in [0.25, 0.3) is 6.08 Å². The smallest absolute Gasteiger partial charge is 0.338 e. The van der Waals surface area contributed by atoms with Crippen LogP contribution in [-0.2, 0) is 16.1 Å². The summed E-state index contributed by atoms with van der Waals surface area (Å²) in [7, 11) is 3.08. The number of allylic oxidation sites excluding steroid dienone is 1. The molecule has 45 heavy (non-hydrogen) atoms. The second kappa shape index (κ2) is 14.0. The van der Waals surface area contributed by atoms with Gasteiger partial charge in [0.15, 0.2) is 27.8 Å². The van der Waals surface area contributed by atoms with Crippen LogP contribution >= 0.6 is 22.9 Å². The summed E-state index contributed by atoms with van der Waals surface area (Å²) in [6.45, 7) is 6.33.